The van der Waals surface area contributed by atoms with E-state index in [9.17, 15) is 24.6 Å². The fourth-order valence-electron chi connectivity index (χ4n) is 6.11. The number of aliphatic hydroxyl groups is 2. The van der Waals surface area contributed by atoms with Gasteiger partial charge in [-0.05, 0) is 25.5 Å². The van der Waals surface area contributed by atoms with Crippen molar-refractivity contribution in [2.45, 2.75) is 50.7 Å². The zero-order valence-corrected chi connectivity index (χ0v) is 18.9. The van der Waals surface area contributed by atoms with Crippen molar-refractivity contribution in [3.05, 3.63) is 17.4 Å². The van der Waals surface area contributed by atoms with Gasteiger partial charge in [0.1, 0.15) is 0 Å². The van der Waals surface area contributed by atoms with Gasteiger partial charge in [-0.1, -0.05) is 5.16 Å². The van der Waals surface area contributed by atoms with Gasteiger partial charge in [-0.25, -0.2) is 9.18 Å². The molecule has 35 heavy (non-hydrogen) atoms. The molecule has 186 valence electrons. The maximum absolute atomic E-state index is 16.1. The molecule has 2 aromatic rings. The molecule has 1 aromatic heterocycles. The van der Waals surface area contributed by atoms with Crippen LogP contribution in [0.25, 0.3) is 11.0 Å². The lowest BCUT2D eigenvalue weighted by Crippen LogP contribution is -2.75. The molecule has 4 aliphatic heterocycles. The number of hydrogen-bond acceptors (Lipinski definition) is 10. The molecular formula is C22H24FN5O7. The number of morpholine rings is 1. The van der Waals surface area contributed by atoms with Crippen LogP contribution in [-0.4, -0.2) is 83.3 Å². The van der Waals surface area contributed by atoms with Crippen LogP contribution in [0.3, 0.4) is 0 Å². The number of urea groups is 1. The summed E-state index contributed by atoms with van der Waals surface area (Å²) in [5.74, 6) is -1.99. The third kappa shape index (κ3) is 2.95. The van der Waals surface area contributed by atoms with Gasteiger partial charge in [-0.15, -0.1) is 0 Å². The molecule has 13 heteroatoms. The largest absolute Gasteiger partial charge is 0.389 e. The molecule has 0 bridgehead atoms. The molecule has 0 radical (unpaired) electrons. The normalized spacial score (nSPS) is 32.0. The Morgan fingerprint density at radius 2 is 1.77 bits per heavy atom. The van der Waals surface area contributed by atoms with Crippen molar-refractivity contribution in [3.8, 4) is 0 Å². The fourth-order valence-corrected chi connectivity index (χ4v) is 6.11. The van der Waals surface area contributed by atoms with E-state index in [-0.39, 0.29) is 49.2 Å². The summed E-state index contributed by atoms with van der Waals surface area (Å²) in [4.78, 5) is 41.6. The molecule has 3 fully saturated rings. The third-order valence-electron chi connectivity index (χ3n) is 7.50. The van der Waals surface area contributed by atoms with Gasteiger partial charge in [0.2, 0.25) is 17.4 Å². The number of hydrogen-bond donors (Lipinski definition) is 4. The standard InChI is InChI=1S/C22H24FN5O7/c1-8-5-28-15-10(4-22(17(28)9(2)34-8)19(31)24-21(33)25-20(22)32)3-11-16(14(15)23)35-26-18(11)27-6-12(29)13(30)7-27/h3,8-9,12-13,17,29-30H,4-7H2,1-2H3,(H2,24,25,31,32,33)/t8-,9+,12-,13-,17-/m1/s1. The third-order valence-corrected chi connectivity index (χ3v) is 7.50. The van der Waals surface area contributed by atoms with Gasteiger partial charge >= 0.3 is 6.03 Å². The summed E-state index contributed by atoms with van der Waals surface area (Å²) < 4.78 is 27.4. The minimum atomic E-state index is -1.74. The van der Waals surface area contributed by atoms with Gasteiger partial charge in [-0.3, -0.25) is 20.2 Å². The SMILES string of the molecule is C[C@@H]1CN2c3c(cc4c(N5C[C@@H](O)[C@H](O)C5)noc4c3F)CC3(C(=O)NC(=O)NC3=O)[C@H]2[C@H](C)O1. The first-order valence-electron chi connectivity index (χ1n) is 11.4. The highest BCUT2D eigenvalue weighted by molar-refractivity contribution is 6.20. The van der Waals surface area contributed by atoms with Crippen LogP contribution in [0.2, 0.25) is 0 Å². The van der Waals surface area contributed by atoms with E-state index < -0.39 is 53.4 Å². The molecule has 0 saturated carbocycles. The second kappa shape index (κ2) is 7.35. The number of benzene rings is 1. The Bertz CT molecular complexity index is 1250. The zero-order chi connectivity index (χ0) is 24.8. The molecule has 0 unspecified atom stereocenters. The predicted molar refractivity (Wildman–Crippen MR) is 117 cm³/mol. The Morgan fingerprint density at radius 3 is 2.43 bits per heavy atom. The number of aliphatic hydroxyl groups excluding tert-OH is 2. The van der Waals surface area contributed by atoms with Crippen LogP contribution in [0.4, 0.5) is 20.7 Å². The molecule has 1 aromatic carbocycles. The Morgan fingerprint density at radius 1 is 1.11 bits per heavy atom. The van der Waals surface area contributed by atoms with E-state index in [1.165, 1.54) is 0 Å². The van der Waals surface area contributed by atoms with Crippen LogP contribution in [-0.2, 0) is 20.7 Å². The Balaban J connectivity index is 1.55. The van der Waals surface area contributed by atoms with Crippen LogP contribution < -0.4 is 20.4 Å². The number of nitrogens with one attached hydrogen (secondary N) is 2. The Labute approximate surface area is 198 Å². The van der Waals surface area contributed by atoms with Gasteiger partial charge in [0.25, 0.3) is 0 Å². The number of carbonyl (C=O) groups excluding carboxylic acids is 3. The number of anilines is 2. The van der Waals surface area contributed by atoms with Crippen LogP contribution in [0.5, 0.6) is 0 Å². The van der Waals surface area contributed by atoms with Gasteiger partial charge in [0.05, 0.1) is 41.5 Å². The average molecular weight is 489 g/mol. The lowest BCUT2D eigenvalue weighted by Gasteiger charge is -2.55. The number of imide groups is 2. The number of ether oxygens (including phenoxy) is 1. The molecule has 4 N–H and O–H groups in total. The van der Waals surface area contributed by atoms with Crippen LogP contribution in [0.1, 0.15) is 19.4 Å². The molecule has 6 rings (SSSR count). The molecule has 12 nitrogen and oxygen atoms in total. The van der Waals surface area contributed by atoms with E-state index in [2.05, 4.69) is 15.8 Å². The lowest BCUT2D eigenvalue weighted by molar-refractivity contribution is -0.153. The smallest absolute Gasteiger partial charge is 0.328 e. The Hall–Kier alpha value is -3.29. The molecule has 5 atom stereocenters. The van der Waals surface area contributed by atoms with E-state index >= 15 is 4.39 Å². The first kappa shape index (κ1) is 22.2. The number of nitrogens with zero attached hydrogens (tertiary/aromatic N) is 3. The molecule has 4 amide bonds. The average Bonchev–Trinajstić information content (AvgIpc) is 3.34. The number of barbiturate groups is 1. The maximum atomic E-state index is 16.1. The summed E-state index contributed by atoms with van der Waals surface area (Å²) >= 11 is 0. The van der Waals surface area contributed by atoms with Crippen molar-refractivity contribution in [2.24, 2.45) is 5.41 Å². The monoisotopic (exact) mass is 489 g/mol. The minimum absolute atomic E-state index is 0.0823. The van der Waals surface area contributed by atoms with E-state index in [1.54, 1.807) is 22.8 Å². The number of amides is 4. The van der Waals surface area contributed by atoms with Crippen molar-refractivity contribution in [3.63, 3.8) is 0 Å². The highest BCUT2D eigenvalue weighted by Crippen LogP contribution is 2.49. The van der Waals surface area contributed by atoms with E-state index in [0.29, 0.717) is 10.9 Å². The topological polar surface area (TPSA) is 157 Å². The highest BCUT2D eigenvalue weighted by atomic mass is 19.1. The summed E-state index contributed by atoms with van der Waals surface area (Å²) in [6.07, 6.45) is -3.12. The fraction of sp³-hybridized carbons (Fsp3) is 0.545. The summed E-state index contributed by atoms with van der Waals surface area (Å²) in [5, 5.41) is 28.6. The van der Waals surface area contributed by atoms with Crippen molar-refractivity contribution < 1.29 is 38.2 Å². The van der Waals surface area contributed by atoms with E-state index in [0.717, 1.165) is 0 Å². The second-order valence-electron chi connectivity index (χ2n) is 9.76. The number of carbonyl (C=O) groups is 3. The van der Waals surface area contributed by atoms with Gasteiger partial charge in [0, 0.05) is 26.1 Å². The van der Waals surface area contributed by atoms with Gasteiger partial charge < -0.3 is 29.3 Å². The Kier molecular flexibility index (Phi) is 4.66. The number of rotatable bonds is 1. The van der Waals surface area contributed by atoms with Crippen molar-refractivity contribution in [2.75, 3.05) is 29.4 Å². The summed E-state index contributed by atoms with van der Waals surface area (Å²) in [6.45, 7) is 3.89. The molecule has 3 saturated heterocycles. The minimum Gasteiger partial charge on any atom is -0.389 e. The zero-order valence-electron chi connectivity index (χ0n) is 18.9. The molecule has 4 aliphatic rings. The number of aromatic nitrogens is 1. The van der Waals surface area contributed by atoms with Crippen molar-refractivity contribution in [1.29, 1.82) is 0 Å². The van der Waals surface area contributed by atoms with Gasteiger partial charge in [-0.2, -0.15) is 0 Å². The maximum Gasteiger partial charge on any atom is 0.328 e. The number of halogens is 1. The summed E-state index contributed by atoms with van der Waals surface area (Å²) in [7, 11) is 0. The van der Waals surface area contributed by atoms with Crippen LogP contribution in [0.15, 0.2) is 10.6 Å². The molecule has 5 heterocycles. The number of fused-ring (bicyclic) bond motifs is 5. The highest BCUT2D eigenvalue weighted by Gasteiger charge is 2.63. The van der Waals surface area contributed by atoms with Crippen molar-refractivity contribution in [1.82, 2.24) is 15.8 Å². The molecular weight excluding hydrogens is 465 g/mol. The summed E-state index contributed by atoms with van der Waals surface area (Å²) in [6, 6.07) is -0.163. The van der Waals surface area contributed by atoms with Crippen LogP contribution in [0, 0.1) is 11.2 Å². The quantitative estimate of drug-likeness (QED) is 0.381. The predicted octanol–water partition coefficient (Wildman–Crippen LogP) is -0.601. The molecule has 1 spiro atoms. The van der Waals surface area contributed by atoms with E-state index in [4.69, 9.17) is 9.26 Å². The van der Waals surface area contributed by atoms with Crippen molar-refractivity contribution >= 4 is 40.3 Å². The lowest BCUT2D eigenvalue weighted by atomic mass is 9.66. The first-order chi connectivity index (χ1) is 16.6. The van der Waals surface area contributed by atoms with Crippen LogP contribution >= 0.6 is 0 Å². The number of β-amino-alcohol motifs (C(OH)–C–C–N with tert-alkyl or cyclic N) is 2. The molecule has 0 aliphatic carbocycles. The van der Waals surface area contributed by atoms with E-state index in [1.807, 2.05) is 6.92 Å². The summed E-state index contributed by atoms with van der Waals surface area (Å²) in [5.41, 5.74) is -1.28. The second-order valence-corrected chi connectivity index (χ2v) is 9.76. The first-order valence-corrected chi connectivity index (χ1v) is 11.4. The van der Waals surface area contributed by atoms with Gasteiger partial charge in [0.15, 0.2) is 17.1 Å².